The predicted molar refractivity (Wildman–Crippen MR) is 119 cm³/mol. The summed E-state index contributed by atoms with van der Waals surface area (Å²) in [6, 6.07) is 4.67. The van der Waals surface area contributed by atoms with Crippen molar-refractivity contribution in [1.82, 2.24) is 24.6 Å². The highest BCUT2D eigenvalue weighted by molar-refractivity contribution is 5.64. The molecule has 0 unspecified atom stereocenters. The van der Waals surface area contributed by atoms with Crippen molar-refractivity contribution in [3.8, 4) is 17.0 Å². The molecule has 0 bridgehead atoms. The second kappa shape index (κ2) is 9.20. The van der Waals surface area contributed by atoms with E-state index in [0.717, 1.165) is 29.7 Å². The van der Waals surface area contributed by atoms with Gasteiger partial charge in [-0.15, -0.1) is 0 Å². The van der Waals surface area contributed by atoms with Gasteiger partial charge in [-0.1, -0.05) is 0 Å². The summed E-state index contributed by atoms with van der Waals surface area (Å²) in [6.07, 6.45) is 7.12. The molecule has 9 heteroatoms. The zero-order valence-electron chi connectivity index (χ0n) is 18.6. The van der Waals surface area contributed by atoms with E-state index in [9.17, 15) is 8.78 Å². The van der Waals surface area contributed by atoms with Crippen molar-refractivity contribution in [2.45, 2.75) is 26.3 Å². The third kappa shape index (κ3) is 5.21. The van der Waals surface area contributed by atoms with Crippen LogP contribution < -0.4 is 10.1 Å². The van der Waals surface area contributed by atoms with E-state index in [4.69, 9.17) is 4.74 Å². The summed E-state index contributed by atoms with van der Waals surface area (Å²) in [5, 5.41) is 7.42. The molecule has 7 nitrogen and oxygen atoms in total. The number of nitrogens with one attached hydrogen (secondary N) is 1. The lowest BCUT2D eigenvalue weighted by Crippen LogP contribution is -2.19. The van der Waals surface area contributed by atoms with Crippen molar-refractivity contribution >= 4 is 11.6 Å². The van der Waals surface area contributed by atoms with E-state index in [1.807, 2.05) is 32.1 Å². The van der Waals surface area contributed by atoms with Gasteiger partial charge in [0.1, 0.15) is 6.61 Å². The van der Waals surface area contributed by atoms with E-state index in [1.54, 1.807) is 29.2 Å². The van der Waals surface area contributed by atoms with Crippen LogP contribution in [0.3, 0.4) is 0 Å². The van der Waals surface area contributed by atoms with Gasteiger partial charge in [-0.05, 0) is 51.6 Å². The van der Waals surface area contributed by atoms with Crippen LogP contribution in [0.25, 0.3) is 11.3 Å². The topological polar surface area (TPSA) is 68.1 Å². The van der Waals surface area contributed by atoms with E-state index in [2.05, 4.69) is 20.4 Å². The maximum absolute atomic E-state index is 14.4. The second-order valence-electron chi connectivity index (χ2n) is 8.71. The number of alkyl halides is 1. The van der Waals surface area contributed by atoms with Crippen molar-refractivity contribution in [1.29, 1.82) is 0 Å². The van der Waals surface area contributed by atoms with E-state index in [1.165, 1.54) is 6.07 Å². The molecule has 2 aromatic heterocycles. The largest absolute Gasteiger partial charge is 0.489 e. The van der Waals surface area contributed by atoms with E-state index < -0.39 is 5.82 Å². The summed E-state index contributed by atoms with van der Waals surface area (Å²) in [5.41, 5.74) is 2.72. The molecular formula is C23H28F2N6O. The molecule has 1 aliphatic carbocycles. The summed E-state index contributed by atoms with van der Waals surface area (Å²) in [6.45, 7) is 3.27. The molecule has 0 saturated heterocycles. The molecular weight excluding hydrogens is 414 g/mol. The van der Waals surface area contributed by atoms with Crippen LogP contribution in [0.15, 0.2) is 36.8 Å². The molecule has 0 amide bonds. The fraction of sp³-hybridized carbons (Fsp3) is 0.435. The minimum absolute atomic E-state index is 0.206. The van der Waals surface area contributed by atoms with Gasteiger partial charge in [0.25, 0.3) is 0 Å². The van der Waals surface area contributed by atoms with Gasteiger partial charge in [-0.3, -0.25) is 9.07 Å². The fourth-order valence-electron chi connectivity index (χ4n) is 3.38. The van der Waals surface area contributed by atoms with Crippen LogP contribution in [0.1, 0.15) is 18.4 Å². The fourth-order valence-corrected chi connectivity index (χ4v) is 3.38. The number of likely N-dealkylation sites (N-methyl/N-ethyl adjacent to an activating group) is 1. The van der Waals surface area contributed by atoms with Crippen molar-refractivity contribution in [3.63, 3.8) is 0 Å². The number of rotatable bonds is 10. The molecule has 1 fully saturated rings. The van der Waals surface area contributed by atoms with Crippen LogP contribution in [-0.4, -0.2) is 58.6 Å². The van der Waals surface area contributed by atoms with Gasteiger partial charge in [-0.25, -0.2) is 14.4 Å². The summed E-state index contributed by atoms with van der Waals surface area (Å²) in [5.74, 6) is 0.0997. The zero-order chi connectivity index (χ0) is 22.7. The summed E-state index contributed by atoms with van der Waals surface area (Å²) in [7, 11) is 3.86. The van der Waals surface area contributed by atoms with Gasteiger partial charge in [0.15, 0.2) is 11.6 Å². The average molecular weight is 443 g/mol. The normalized spacial score (nSPS) is 14.6. The molecule has 170 valence electrons. The summed E-state index contributed by atoms with van der Waals surface area (Å²) in [4.78, 5) is 10.9. The van der Waals surface area contributed by atoms with Gasteiger partial charge in [0, 0.05) is 48.2 Å². The molecule has 1 aliphatic rings. The minimum Gasteiger partial charge on any atom is -0.489 e. The Morgan fingerprint density at radius 1 is 1.25 bits per heavy atom. The van der Waals surface area contributed by atoms with Crippen molar-refractivity contribution in [2.75, 3.05) is 39.2 Å². The van der Waals surface area contributed by atoms with Gasteiger partial charge < -0.3 is 15.0 Å². The lowest BCUT2D eigenvalue weighted by atomic mass is 10.1. The summed E-state index contributed by atoms with van der Waals surface area (Å²) >= 11 is 0. The third-order valence-electron chi connectivity index (χ3n) is 5.60. The van der Waals surface area contributed by atoms with Crippen LogP contribution >= 0.6 is 0 Å². The Labute approximate surface area is 186 Å². The first kappa shape index (κ1) is 22.1. The van der Waals surface area contributed by atoms with Gasteiger partial charge in [-0.2, -0.15) is 5.10 Å². The Morgan fingerprint density at radius 3 is 2.75 bits per heavy atom. The Bertz CT molecular complexity index is 1080. The van der Waals surface area contributed by atoms with Crippen LogP contribution in [0.4, 0.5) is 20.4 Å². The standard InChI is InChI=1S/C23H28F2N6O/c1-16-11-26-22(28-18-4-5-20(19(25)10-18)32-9-8-30(2)3)29-21(16)17-12-27-31(13-17)15-23(14-24)6-7-23/h4-5,10-13H,6-9,14-15H2,1-3H3,(H,26,28,29). The number of aryl methyl sites for hydroxylation is 1. The molecule has 0 aliphatic heterocycles. The molecule has 0 atom stereocenters. The third-order valence-corrected chi connectivity index (χ3v) is 5.60. The highest BCUT2D eigenvalue weighted by atomic mass is 19.1. The van der Waals surface area contributed by atoms with Crippen molar-refractivity contribution in [3.05, 3.63) is 48.2 Å². The number of aromatic nitrogens is 4. The van der Waals surface area contributed by atoms with Gasteiger partial charge >= 0.3 is 0 Å². The zero-order valence-corrected chi connectivity index (χ0v) is 18.6. The van der Waals surface area contributed by atoms with Crippen molar-refractivity contribution in [2.24, 2.45) is 5.41 Å². The molecule has 1 N–H and O–H groups in total. The molecule has 32 heavy (non-hydrogen) atoms. The number of halogens is 2. The van der Waals surface area contributed by atoms with E-state index in [-0.39, 0.29) is 17.8 Å². The van der Waals surface area contributed by atoms with Gasteiger partial charge in [0.2, 0.25) is 5.95 Å². The lowest BCUT2D eigenvalue weighted by Gasteiger charge is -2.13. The predicted octanol–water partition coefficient (Wildman–Crippen LogP) is 4.22. The Balaban J connectivity index is 1.46. The first-order valence-electron chi connectivity index (χ1n) is 10.6. The molecule has 0 radical (unpaired) electrons. The highest BCUT2D eigenvalue weighted by Crippen LogP contribution is 2.47. The molecule has 4 rings (SSSR count). The van der Waals surface area contributed by atoms with E-state index >= 15 is 0 Å². The van der Waals surface area contributed by atoms with E-state index in [0.29, 0.717) is 31.3 Å². The number of ether oxygens (including phenoxy) is 1. The SMILES string of the molecule is Cc1cnc(Nc2ccc(OCCN(C)C)c(F)c2)nc1-c1cnn(CC2(CF)CC2)c1. The Hall–Kier alpha value is -3.07. The molecule has 3 aromatic rings. The molecule has 2 heterocycles. The Kier molecular flexibility index (Phi) is 6.36. The smallest absolute Gasteiger partial charge is 0.227 e. The van der Waals surface area contributed by atoms with Gasteiger partial charge in [0.05, 0.1) is 18.6 Å². The number of anilines is 2. The van der Waals surface area contributed by atoms with Crippen molar-refractivity contribution < 1.29 is 13.5 Å². The number of hydrogen-bond donors (Lipinski definition) is 1. The number of benzene rings is 1. The van der Waals surface area contributed by atoms with Crippen LogP contribution in [-0.2, 0) is 6.54 Å². The molecule has 0 spiro atoms. The molecule has 1 saturated carbocycles. The summed E-state index contributed by atoms with van der Waals surface area (Å²) < 4.78 is 34.9. The van der Waals surface area contributed by atoms with Crippen LogP contribution in [0.2, 0.25) is 0 Å². The number of nitrogens with zero attached hydrogens (tertiary/aromatic N) is 5. The Morgan fingerprint density at radius 2 is 2.06 bits per heavy atom. The first-order chi connectivity index (χ1) is 15.4. The second-order valence-corrected chi connectivity index (χ2v) is 8.71. The average Bonchev–Trinajstić information content (AvgIpc) is 3.38. The highest BCUT2D eigenvalue weighted by Gasteiger charge is 2.43. The lowest BCUT2D eigenvalue weighted by molar-refractivity contribution is 0.252. The first-order valence-corrected chi connectivity index (χ1v) is 10.6. The van der Waals surface area contributed by atoms with Crippen LogP contribution in [0.5, 0.6) is 5.75 Å². The minimum atomic E-state index is -0.454. The maximum atomic E-state index is 14.4. The number of hydrogen-bond acceptors (Lipinski definition) is 6. The maximum Gasteiger partial charge on any atom is 0.227 e. The quantitative estimate of drug-likeness (QED) is 0.507. The monoisotopic (exact) mass is 442 g/mol. The van der Waals surface area contributed by atoms with Crippen LogP contribution in [0, 0.1) is 18.2 Å². The molecule has 1 aromatic carbocycles.